The van der Waals surface area contributed by atoms with E-state index in [-0.39, 0.29) is 5.78 Å². The van der Waals surface area contributed by atoms with E-state index in [1.165, 1.54) is 31.2 Å². The lowest BCUT2D eigenvalue weighted by molar-refractivity contribution is 0.103. The van der Waals surface area contributed by atoms with Gasteiger partial charge in [-0.1, -0.05) is 62.6 Å². The number of ether oxygens (including phenoxy) is 1. The zero-order valence-electron chi connectivity index (χ0n) is 23.5. The summed E-state index contributed by atoms with van der Waals surface area (Å²) in [7, 11) is 0. The summed E-state index contributed by atoms with van der Waals surface area (Å²) in [6.07, 6.45) is 7.79. The molecule has 0 spiro atoms. The maximum atomic E-state index is 14.1. The van der Waals surface area contributed by atoms with E-state index < -0.39 is 0 Å². The van der Waals surface area contributed by atoms with Gasteiger partial charge in [-0.25, -0.2) is 0 Å². The van der Waals surface area contributed by atoms with Crippen LogP contribution in [0.5, 0.6) is 5.75 Å². The molecule has 0 fully saturated rings. The Labute approximate surface area is 263 Å². The predicted octanol–water partition coefficient (Wildman–Crippen LogP) is 10.1. The standard InChI is InChI=1S/C33H37Br3N2O2/c1-4-6-16-37(17-7-5-2)18-10-20-40-33-26(34)21-25(22-27(33)35)32(39)31-29(24-14-12-23(3)13-15-24)30(36)28-11-8-9-19-38(28)31/h8-9,11-15,19,21-22H,4-7,10,16-18,20H2,1-3H3. The molecular weight excluding hydrogens is 696 g/mol. The first-order valence-electron chi connectivity index (χ1n) is 14.1. The van der Waals surface area contributed by atoms with Gasteiger partial charge in [-0.2, -0.15) is 0 Å². The smallest absolute Gasteiger partial charge is 0.210 e. The Morgan fingerprint density at radius 3 is 2.12 bits per heavy atom. The highest BCUT2D eigenvalue weighted by molar-refractivity contribution is 9.11. The molecule has 4 aromatic rings. The fourth-order valence-electron chi connectivity index (χ4n) is 4.90. The molecule has 2 aromatic heterocycles. The number of fused-ring (bicyclic) bond motifs is 1. The van der Waals surface area contributed by atoms with E-state index in [1.807, 2.05) is 40.9 Å². The molecule has 0 atom stereocenters. The second-order valence-corrected chi connectivity index (χ2v) is 12.7. The van der Waals surface area contributed by atoms with Gasteiger partial charge in [0.2, 0.25) is 5.78 Å². The van der Waals surface area contributed by atoms with E-state index in [9.17, 15) is 4.79 Å². The third kappa shape index (κ3) is 7.28. The molecule has 0 aliphatic heterocycles. The SMILES string of the molecule is CCCCN(CCCC)CCCOc1c(Br)cc(C(=O)c2c(-c3ccc(C)cc3)c(Br)c3ccccn23)cc1Br. The molecule has 212 valence electrons. The van der Waals surface area contributed by atoms with E-state index in [2.05, 4.69) is 97.7 Å². The second kappa shape index (κ2) is 14.8. The first-order chi connectivity index (χ1) is 19.3. The number of halogens is 3. The lowest BCUT2D eigenvalue weighted by Crippen LogP contribution is -2.28. The fraction of sp³-hybridized carbons (Fsp3) is 0.364. The van der Waals surface area contributed by atoms with Crippen LogP contribution in [0.15, 0.2) is 74.2 Å². The molecule has 0 unspecified atom stereocenters. The van der Waals surface area contributed by atoms with Crippen LogP contribution in [0, 0.1) is 6.92 Å². The molecule has 0 saturated carbocycles. The van der Waals surface area contributed by atoms with Crippen LogP contribution in [0.4, 0.5) is 0 Å². The molecule has 0 radical (unpaired) electrons. The van der Waals surface area contributed by atoms with Crippen LogP contribution < -0.4 is 4.74 Å². The molecule has 4 rings (SSSR count). The Morgan fingerprint density at radius 1 is 0.875 bits per heavy atom. The van der Waals surface area contributed by atoms with Crippen molar-refractivity contribution < 1.29 is 9.53 Å². The maximum absolute atomic E-state index is 14.1. The van der Waals surface area contributed by atoms with Crippen molar-refractivity contribution in [3.8, 4) is 16.9 Å². The Morgan fingerprint density at radius 2 is 1.50 bits per heavy atom. The largest absolute Gasteiger partial charge is 0.491 e. The summed E-state index contributed by atoms with van der Waals surface area (Å²) in [5.74, 6) is 0.670. The molecule has 0 saturated heterocycles. The molecule has 2 heterocycles. The normalized spacial score (nSPS) is 11.5. The second-order valence-electron chi connectivity index (χ2n) is 10.2. The van der Waals surface area contributed by atoms with Crippen molar-refractivity contribution in [1.82, 2.24) is 9.30 Å². The van der Waals surface area contributed by atoms with Gasteiger partial charge >= 0.3 is 0 Å². The molecule has 0 amide bonds. The molecule has 2 aromatic carbocycles. The third-order valence-electron chi connectivity index (χ3n) is 7.12. The Bertz CT molecular complexity index is 1420. The van der Waals surface area contributed by atoms with Crippen LogP contribution in [0.3, 0.4) is 0 Å². The number of unbranched alkanes of at least 4 members (excludes halogenated alkanes) is 2. The van der Waals surface area contributed by atoms with Crippen LogP contribution >= 0.6 is 47.8 Å². The van der Waals surface area contributed by atoms with E-state index in [4.69, 9.17) is 4.74 Å². The summed E-state index contributed by atoms with van der Waals surface area (Å²) in [5, 5.41) is 0. The lowest BCUT2D eigenvalue weighted by Gasteiger charge is -2.22. The Balaban J connectivity index is 1.56. The summed E-state index contributed by atoms with van der Waals surface area (Å²) < 4.78 is 10.6. The van der Waals surface area contributed by atoms with Gasteiger partial charge in [0, 0.05) is 23.9 Å². The number of carbonyl (C=O) groups excluding carboxylic acids is 1. The first kappa shape index (κ1) is 31.0. The van der Waals surface area contributed by atoms with Crippen molar-refractivity contribution in [2.45, 2.75) is 52.9 Å². The number of aryl methyl sites for hydroxylation is 1. The average Bonchev–Trinajstić information content (AvgIpc) is 3.25. The molecule has 0 aliphatic carbocycles. The van der Waals surface area contributed by atoms with E-state index >= 15 is 0 Å². The maximum Gasteiger partial charge on any atom is 0.210 e. The number of pyridine rings is 1. The zero-order chi connectivity index (χ0) is 28.6. The number of hydrogen-bond donors (Lipinski definition) is 0. The molecule has 7 heteroatoms. The van der Waals surface area contributed by atoms with Crippen LogP contribution in [0.1, 0.15) is 67.6 Å². The summed E-state index contributed by atoms with van der Waals surface area (Å²) in [4.78, 5) is 16.7. The summed E-state index contributed by atoms with van der Waals surface area (Å²) in [6.45, 7) is 10.5. The number of benzene rings is 2. The highest BCUT2D eigenvalue weighted by Gasteiger charge is 2.25. The van der Waals surface area contributed by atoms with Crippen LogP contribution in [-0.2, 0) is 0 Å². The first-order valence-corrected chi connectivity index (χ1v) is 16.5. The van der Waals surface area contributed by atoms with Crippen molar-refractivity contribution in [3.05, 3.63) is 91.0 Å². The molecule has 0 bridgehead atoms. The van der Waals surface area contributed by atoms with Crippen molar-refractivity contribution in [2.24, 2.45) is 0 Å². The highest BCUT2D eigenvalue weighted by atomic mass is 79.9. The Kier molecular flexibility index (Phi) is 11.5. The number of ketones is 1. The van der Waals surface area contributed by atoms with Crippen molar-refractivity contribution >= 4 is 59.1 Å². The van der Waals surface area contributed by atoms with Gasteiger partial charge < -0.3 is 14.0 Å². The predicted molar refractivity (Wildman–Crippen MR) is 177 cm³/mol. The molecular formula is C33H37Br3N2O2. The number of aromatic nitrogens is 1. The lowest BCUT2D eigenvalue weighted by atomic mass is 9.99. The van der Waals surface area contributed by atoms with Crippen molar-refractivity contribution in [2.75, 3.05) is 26.2 Å². The van der Waals surface area contributed by atoms with Crippen LogP contribution in [-0.4, -0.2) is 41.3 Å². The van der Waals surface area contributed by atoms with Gasteiger partial charge in [-0.05, 0) is 117 Å². The number of rotatable bonds is 14. The average molecular weight is 733 g/mol. The van der Waals surface area contributed by atoms with Crippen molar-refractivity contribution in [3.63, 3.8) is 0 Å². The van der Waals surface area contributed by atoms with E-state index in [0.717, 1.165) is 61.9 Å². The zero-order valence-corrected chi connectivity index (χ0v) is 28.2. The number of nitrogens with zero attached hydrogens (tertiary/aromatic N) is 2. The topological polar surface area (TPSA) is 34.0 Å². The summed E-state index contributed by atoms with van der Waals surface area (Å²) >= 11 is 11.2. The number of hydrogen-bond acceptors (Lipinski definition) is 3. The van der Waals surface area contributed by atoms with Gasteiger partial charge in [0.05, 0.1) is 25.5 Å². The quantitative estimate of drug-likeness (QED) is 0.0956. The van der Waals surface area contributed by atoms with Gasteiger partial charge in [0.15, 0.2) is 0 Å². The van der Waals surface area contributed by atoms with Crippen LogP contribution in [0.2, 0.25) is 0 Å². The Hall–Kier alpha value is -1.93. The van der Waals surface area contributed by atoms with Crippen LogP contribution in [0.25, 0.3) is 16.6 Å². The van der Waals surface area contributed by atoms with E-state index in [1.54, 1.807) is 0 Å². The van der Waals surface area contributed by atoms with Gasteiger partial charge in [0.25, 0.3) is 0 Å². The minimum absolute atomic E-state index is 0.0575. The monoisotopic (exact) mass is 730 g/mol. The molecule has 0 aliphatic rings. The van der Waals surface area contributed by atoms with E-state index in [0.29, 0.717) is 17.9 Å². The van der Waals surface area contributed by atoms with Gasteiger partial charge in [-0.15, -0.1) is 0 Å². The molecule has 0 N–H and O–H groups in total. The fourth-order valence-corrected chi connectivity index (χ4v) is 7.06. The highest BCUT2D eigenvalue weighted by Crippen LogP contribution is 2.40. The summed E-state index contributed by atoms with van der Waals surface area (Å²) in [6, 6.07) is 18.0. The minimum atomic E-state index is -0.0575. The van der Waals surface area contributed by atoms with Crippen molar-refractivity contribution in [1.29, 1.82) is 0 Å². The minimum Gasteiger partial charge on any atom is -0.491 e. The molecule has 40 heavy (non-hydrogen) atoms. The number of carbonyl (C=O) groups is 1. The van der Waals surface area contributed by atoms with Gasteiger partial charge in [0.1, 0.15) is 11.4 Å². The summed E-state index contributed by atoms with van der Waals surface area (Å²) in [5.41, 5.74) is 5.22. The molecule has 4 nitrogen and oxygen atoms in total. The van der Waals surface area contributed by atoms with Gasteiger partial charge in [-0.3, -0.25) is 4.79 Å². The third-order valence-corrected chi connectivity index (χ3v) is 9.10.